The van der Waals surface area contributed by atoms with Gasteiger partial charge in [-0.2, -0.15) is 0 Å². The zero-order valence-corrected chi connectivity index (χ0v) is 15.5. The van der Waals surface area contributed by atoms with Gasteiger partial charge in [0.2, 0.25) is 0 Å². The molecule has 138 valence electrons. The van der Waals surface area contributed by atoms with E-state index >= 15 is 0 Å². The van der Waals surface area contributed by atoms with Crippen LogP contribution in [0, 0.1) is 5.82 Å². The fourth-order valence-electron chi connectivity index (χ4n) is 3.22. The lowest BCUT2D eigenvalue weighted by molar-refractivity contribution is 0.0204. The van der Waals surface area contributed by atoms with Crippen molar-refractivity contribution in [1.82, 2.24) is 9.88 Å². The van der Waals surface area contributed by atoms with Crippen LogP contribution in [0.25, 0.3) is 11.1 Å². The number of nitrogens with zero attached hydrogens (tertiary/aromatic N) is 2. The van der Waals surface area contributed by atoms with E-state index in [0.29, 0.717) is 18.7 Å². The van der Waals surface area contributed by atoms with Gasteiger partial charge >= 0.3 is 6.09 Å². The van der Waals surface area contributed by atoms with Crippen LogP contribution in [0.2, 0.25) is 0 Å². The lowest BCUT2D eigenvalue weighted by Gasteiger charge is -2.33. The normalized spacial score (nSPS) is 15.8. The molecule has 0 aliphatic carbocycles. The van der Waals surface area contributed by atoms with E-state index in [9.17, 15) is 9.18 Å². The zero-order valence-electron chi connectivity index (χ0n) is 15.5. The number of benzene rings is 1. The molecule has 0 radical (unpaired) electrons. The monoisotopic (exact) mass is 356 g/mol. The van der Waals surface area contributed by atoms with Crippen LogP contribution in [-0.4, -0.2) is 34.7 Å². The molecule has 2 aromatic rings. The van der Waals surface area contributed by atoms with Gasteiger partial charge in [0.1, 0.15) is 11.4 Å². The first-order valence-electron chi connectivity index (χ1n) is 9.02. The van der Waals surface area contributed by atoms with Crippen LogP contribution in [0.4, 0.5) is 9.18 Å². The molecule has 1 aliphatic heterocycles. The number of piperidine rings is 1. The average Bonchev–Trinajstić information content (AvgIpc) is 2.61. The summed E-state index contributed by atoms with van der Waals surface area (Å²) in [5.41, 5.74) is 1.89. The number of amides is 1. The highest BCUT2D eigenvalue weighted by Crippen LogP contribution is 2.30. The van der Waals surface area contributed by atoms with Crippen LogP contribution in [0.3, 0.4) is 0 Å². The average molecular weight is 356 g/mol. The summed E-state index contributed by atoms with van der Waals surface area (Å²) in [6, 6.07) is 10.6. The molecule has 3 rings (SSSR count). The summed E-state index contributed by atoms with van der Waals surface area (Å²) in [5.74, 6) is 0.0322. The molecular weight excluding hydrogens is 331 g/mol. The molecule has 1 fully saturated rings. The largest absolute Gasteiger partial charge is 0.444 e. The Hall–Kier alpha value is -2.43. The van der Waals surface area contributed by atoms with Crippen LogP contribution in [0.1, 0.15) is 45.2 Å². The molecular formula is C21H25FN2O2. The van der Waals surface area contributed by atoms with Gasteiger partial charge in [-0.25, -0.2) is 9.18 Å². The molecule has 1 saturated heterocycles. The first kappa shape index (κ1) is 18.4. The Morgan fingerprint density at radius 2 is 1.88 bits per heavy atom. The third-order valence-corrected chi connectivity index (χ3v) is 4.53. The van der Waals surface area contributed by atoms with Crippen molar-refractivity contribution in [1.29, 1.82) is 0 Å². The summed E-state index contributed by atoms with van der Waals surface area (Å²) < 4.78 is 19.5. The lowest BCUT2D eigenvalue weighted by atomic mass is 9.91. The predicted molar refractivity (Wildman–Crippen MR) is 99.4 cm³/mol. The Morgan fingerprint density at radius 1 is 1.19 bits per heavy atom. The lowest BCUT2D eigenvalue weighted by Crippen LogP contribution is -2.41. The second-order valence-corrected chi connectivity index (χ2v) is 7.69. The number of ether oxygens (including phenoxy) is 1. The third-order valence-electron chi connectivity index (χ3n) is 4.53. The van der Waals surface area contributed by atoms with Gasteiger partial charge in [-0.1, -0.05) is 18.2 Å². The van der Waals surface area contributed by atoms with E-state index in [-0.39, 0.29) is 17.8 Å². The molecule has 1 aromatic carbocycles. The van der Waals surface area contributed by atoms with Gasteiger partial charge in [0.25, 0.3) is 0 Å². The first-order valence-corrected chi connectivity index (χ1v) is 9.02. The summed E-state index contributed by atoms with van der Waals surface area (Å²) in [6.45, 7) is 6.90. The molecule has 0 spiro atoms. The van der Waals surface area contributed by atoms with Crippen molar-refractivity contribution in [3.8, 4) is 11.1 Å². The highest BCUT2D eigenvalue weighted by molar-refractivity contribution is 5.68. The number of hydrogen-bond acceptors (Lipinski definition) is 3. The van der Waals surface area contributed by atoms with E-state index in [1.165, 1.54) is 6.07 Å². The van der Waals surface area contributed by atoms with E-state index in [2.05, 4.69) is 4.98 Å². The summed E-state index contributed by atoms with van der Waals surface area (Å²) in [5, 5.41) is 0. The number of pyridine rings is 1. The van der Waals surface area contributed by atoms with Crippen molar-refractivity contribution in [2.75, 3.05) is 13.1 Å². The van der Waals surface area contributed by atoms with E-state index < -0.39 is 5.60 Å². The molecule has 0 atom stereocenters. The number of likely N-dealkylation sites (tertiary alicyclic amines) is 1. The number of carbonyl (C=O) groups excluding carboxylic acids is 1. The molecule has 0 unspecified atom stereocenters. The maximum absolute atomic E-state index is 14.0. The van der Waals surface area contributed by atoms with Crippen LogP contribution >= 0.6 is 0 Å². The number of rotatable bonds is 2. The van der Waals surface area contributed by atoms with E-state index in [1.807, 2.05) is 39.0 Å². The number of halogens is 1. The van der Waals surface area contributed by atoms with Gasteiger partial charge in [0.15, 0.2) is 0 Å². The van der Waals surface area contributed by atoms with Gasteiger partial charge in [0.05, 0.1) is 0 Å². The van der Waals surface area contributed by atoms with Crippen LogP contribution in [-0.2, 0) is 4.74 Å². The fraction of sp³-hybridized carbons (Fsp3) is 0.429. The van der Waals surface area contributed by atoms with Gasteiger partial charge in [-0.3, -0.25) is 4.98 Å². The SMILES string of the molecule is CC(C)(C)OC(=O)N1CCC(c2cc(-c3ccccc3F)ccn2)CC1. The van der Waals surface area contributed by atoms with Crippen molar-refractivity contribution >= 4 is 6.09 Å². The molecule has 2 heterocycles. The molecule has 4 nitrogen and oxygen atoms in total. The highest BCUT2D eigenvalue weighted by atomic mass is 19.1. The minimum absolute atomic E-state index is 0.232. The van der Waals surface area contributed by atoms with Crippen molar-refractivity contribution in [3.05, 3.63) is 54.1 Å². The second kappa shape index (κ2) is 7.44. The maximum Gasteiger partial charge on any atom is 0.410 e. The van der Waals surface area contributed by atoms with Crippen LogP contribution in [0.5, 0.6) is 0 Å². The zero-order chi connectivity index (χ0) is 18.7. The second-order valence-electron chi connectivity index (χ2n) is 7.69. The Kier molecular flexibility index (Phi) is 5.25. The standard InChI is InChI=1S/C21H25FN2O2/c1-21(2,3)26-20(25)24-12-9-15(10-13-24)19-14-16(8-11-23-19)17-6-4-5-7-18(17)22/h4-8,11,14-15H,9-10,12-13H2,1-3H3. The molecule has 26 heavy (non-hydrogen) atoms. The Balaban J connectivity index is 1.68. The van der Waals surface area contributed by atoms with Crippen LogP contribution < -0.4 is 0 Å². The van der Waals surface area contributed by atoms with Gasteiger partial charge in [-0.15, -0.1) is 0 Å². The quantitative estimate of drug-likeness (QED) is 0.760. The minimum atomic E-state index is -0.483. The molecule has 1 amide bonds. The molecule has 0 N–H and O–H groups in total. The van der Waals surface area contributed by atoms with Gasteiger partial charge in [-0.05, 0) is 57.4 Å². The van der Waals surface area contributed by atoms with Gasteiger partial charge < -0.3 is 9.64 Å². The number of aromatic nitrogens is 1. The summed E-state index contributed by atoms with van der Waals surface area (Å²) >= 11 is 0. The van der Waals surface area contributed by atoms with Crippen LogP contribution in [0.15, 0.2) is 42.6 Å². The van der Waals surface area contributed by atoms with Crippen molar-refractivity contribution in [2.24, 2.45) is 0 Å². The molecule has 1 aliphatic rings. The maximum atomic E-state index is 14.0. The fourth-order valence-corrected chi connectivity index (χ4v) is 3.22. The van der Waals surface area contributed by atoms with Crippen molar-refractivity contribution in [2.45, 2.75) is 45.1 Å². The Bertz CT molecular complexity index is 778. The summed E-state index contributed by atoms with van der Waals surface area (Å²) in [4.78, 5) is 18.4. The van der Waals surface area contributed by atoms with Crippen molar-refractivity contribution in [3.63, 3.8) is 0 Å². The molecule has 1 aromatic heterocycles. The van der Waals surface area contributed by atoms with E-state index in [4.69, 9.17) is 4.74 Å². The smallest absolute Gasteiger partial charge is 0.410 e. The third kappa shape index (κ3) is 4.40. The molecule has 0 bridgehead atoms. The molecule has 0 saturated carbocycles. The summed E-state index contributed by atoms with van der Waals surface area (Å²) in [7, 11) is 0. The topological polar surface area (TPSA) is 42.4 Å². The summed E-state index contributed by atoms with van der Waals surface area (Å²) in [6.07, 6.45) is 3.13. The number of hydrogen-bond donors (Lipinski definition) is 0. The van der Waals surface area contributed by atoms with E-state index in [1.54, 1.807) is 23.2 Å². The predicted octanol–water partition coefficient (Wildman–Crippen LogP) is 5.00. The number of carbonyl (C=O) groups is 1. The van der Waals surface area contributed by atoms with Gasteiger partial charge in [0, 0.05) is 36.5 Å². The molecule has 5 heteroatoms. The Morgan fingerprint density at radius 3 is 2.54 bits per heavy atom. The highest BCUT2D eigenvalue weighted by Gasteiger charge is 2.28. The van der Waals surface area contributed by atoms with Crippen molar-refractivity contribution < 1.29 is 13.9 Å². The van der Waals surface area contributed by atoms with E-state index in [0.717, 1.165) is 24.1 Å². The first-order chi connectivity index (χ1) is 12.3. The minimum Gasteiger partial charge on any atom is -0.444 e. The Labute approximate surface area is 154 Å².